The minimum absolute atomic E-state index is 0.336. The summed E-state index contributed by atoms with van der Waals surface area (Å²) in [6.45, 7) is 0. The molecular weight excluding hydrogens is 316 g/mol. The maximum atomic E-state index is 11.8. The van der Waals surface area contributed by atoms with Crippen LogP contribution in [0.15, 0.2) is 14.9 Å². The molecule has 0 bridgehead atoms. The molecule has 2 N–H and O–H groups in total. The highest BCUT2D eigenvalue weighted by Crippen LogP contribution is 2.44. The quantitative estimate of drug-likeness (QED) is 0.831. The number of hydrogen-bond acceptors (Lipinski definition) is 5. The fourth-order valence-electron chi connectivity index (χ4n) is 3.04. The van der Waals surface area contributed by atoms with E-state index >= 15 is 0 Å². The topological polar surface area (TPSA) is 69.1 Å². The van der Waals surface area contributed by atoms with Gasteiger partial charge in [0.1, 0.15) is 0 Å². The lowest BCUT2D eigenvalue weighted by atomic mass is 10.00. The number of carbonyl (C=O) groups excluding carboxylic acids is 1. The normalized spacial score (nSPS) is 15.7. The van der Waals surface area contributed by atoms with Gasteiger partial charge in [0.2, 0.25) is 0 Å². The van der Waals surface area contributed by atoms with Crippen LogP contribution in [-0.2, 0) is 12.8 Å². The number of primary amides is 1. The molecule has 118 valence electrons. The Morgan fingerprint density at radius 1 is 1.27 bits per heavy atom. The van der Waals surface area contributed by atoms with E-state index in [-0.39, 0.29) is 5.91 Å². The SMILES string of the molecule is CSc1sc(C(N)=O)c2c1-c1oncc1CCCCCCC2. The number of aryl methyl sites for hydroxylation is 1. The summed E-state index contributed by atoms with van der Waals surface area (Å²) in [5.74, 6) is 0.502. The van der Waals surface area contributed by atoms with Crippen LogP contribution in [-0.4, -0.2) is 17.3 Å². The molecule has 1 aliphatic rings. The van der Waals surface area contributed by atoms with Crippen molar-refractivity contribution in [2.24, 2.45) is 5.73 Å². The highest BCUT2D eigenvalue weighted by molar-refractivity contribution is 8.00. The Kier molecular flexibility index (Phi) is 4.88. The van der Waals surface area contributed by atoms with E-state index in [0.717, 1.165) is 52.3 Å². The van der Waals surface area contributed by atoms with Crippen LogP contribution in [0.4, 0.5) is 0 Å². The summed E-state index contributed by atoms with van der Waals surface area (Å²) < 4.78 is 6.68. The Bertz CT molecular complexity index is 676. The summed E-state index contributed by atoms with van der Waals surface area (Å²) in [7, 11) is 0. The lowest BCUT2D eigenvalue weighted by molar-refractivity contribution is 0.100. The average Bonchev–Trinajstić information content (AvgIpc) is 3.08. The molecule has 0 fully saturated rings. The molecule has 0 aromatic carbocycles. The van der Waals surface area contributed by atoms with Gasteiger partial charge in [0.15, 0.2) is 5.76 Å². The molecule has 0 atom stereocenters. The van der Waals surface area contributed by atoms with E-state index in [2.05, 4.69) is 5.16 Å². The number of thiophene rings is 1. The number of nitrogens with two attached hydrogens (primary N) is 1. The molecule has 2 aromatic rings. The van der Waals surface area contributed by atoms with Crippen LogP contribution in [0.5, 0.6) is 0 Å². The van der Waals surface area contributed by atoms with Gasteiger partial charge < -0.3 is 10.3 Å². The molecule has 0 unspecified atom stereocenters. The highest BCUT2D eigenvalue weighted by Gasteiger charge is 2.26. The summed E-state index contributed by atoms with van der Waals surface area (Å²) in [6.07, 6.45) is 11.6. The summed E-state index contributed by atoms with van der Waals surface area (Å²) in [5.41, 5.74) is 8.87. The van der Waals surface area contributed by atoms with Gasteiger partial charge in [-0.2, -0.15) is 0 Å². The van der Waals surface area contributed by atoms with Crippen LogP contribution < -0.4 is 5.73 Å². The highest BCUT2D eigenvalue weighted by atomic mass is 32.2. The largest absolute Gasteiger partial charge is 0.365 e. The van der Waals surface area contributed by atoms with E-state index in [1.807, 2.05) is 12.5 Å². The van der Waals surface area contributed by atoms with Crippen molar-refractivity contribution < 1.29 is 9.32 Å². The fraction of sp³-hybridized carbons (Fsp3) is 0.500. The fourth-order valence-corrected chi connectivity index (χ4v) is 4.98. The first-order chi connectivity index (χ1) is 10.7. The number of thioether (sulfide) groups is 1. The smallest absolute Gasteiger partial charge is 0.259 e. The van der Waals surface area contributed by atoms with Crippen molar-refractivity contribution in [3.8, 4) is 11.3 Å². The molecule has 4 nitrogen and oxygen atoms in total. The van der Waals surface area contributed by atoms with Gasteiger partial charge in [0.25, 0.3) is 5.91 Å². The second-order valence-corrected chi connectivity index (χ2v) is 7.68. The number of amides is 1. The van der Waals surface area contributed by atoms with Crippen molar-refractivity contribution in [3.63, 3.8) is 0 Å². The average molecular weight is 336 g/mol. The van der Waals surface area contributed by atoms with E-state index in [0.29, 0.717) is 4.88 Å². The van der Waals surface area contributed by atoms with E-state index in [1.165, 1.54) is 30.6 Å². The first-order valence-corrected chi connectivity index (χ1v) is 9.70. The molecule has 1 aliphatic carbocycles. The third-order valence-corrected chi connectivity index (χ3v) is 6.49. The third kappa shape index (κ3) is 2.94. The predicted octanol–water partition coefficient (Wildman–Crippen LogP) is 4.27. The van der Waals surface area contributed by atoms with Crippen molar-refractivity contribution in [3.05, 3.63) is 22.2 Å². The van der Waals surface area contributed by atoms with Crippen molar-refractivity contribution in [2.45, 2.75) is 49.2 Å². The molecule has 6 heteroatoms. The van der Waals surface area contributed by atoms with E-state index < -0.39 is 0 Å². The van der Waals surface area contributed by atoms with Crippen LogP contribution in [0.3, 0.4) is 0 Å². The zero-order chi connectivity index (χ0) is 15.5. The van der Waals surface area contributed by atoms with E-state index in [9.17, 15) is 4.79 Å². The lowest BCUT2D eigenvalue weighted by Gasteiger charge is -2.06. The number of rotatable bonds is 2. The van der Waals surface area contributed by atoms with Crippen LogP contribution >= 0.6 is 23.1 Å². The molecule has 22 heavy (non-hydrogen) atoms. The summed E-state index contributed by atoms with van der Waals surface area (Å²) in [4.78, 5) is 12.5. The molecule has 3 rings (SSSR count). The van der Waals surface area contributed by atoms with Gasteiger partial charge in [-0.15, -0.1) is 23.1 Å². The Morgan fingerprint density at radius 3 is 2.73 bits per heavy atom. The van der Waals surface area contributed by atoms with Crippen molar-refractivity contribution in [2.75, 3.05) is 6.26 Å². The van der Waals surface area contributed by atoms with Gasteiger partial charge in [0.05, 0.1) is 15.3 Å². The summed E-state index contributed by atoms with van der Waals surface area (Å²) >= 11 is 3.13. The van der Waals surface area contributed by atoms with Crippen molar-refractivity contribution in [1.29, 1.82) is 0 Å². The van der Waals surface area contributed by atoms with Gasteiger partial charge in [-0.05, 0) is 37.5 Å². The molecule has 2 heterocycles. The van der Waals surface area contributed by atoms with Crippen LogP contribution in [0.2, 0.25) is 0 Å². The van der Waals surface area contributed by atoms with Gasteiger partial charge in [-0.3, -0.25) is 4.79 Å². The Hall–Kier alpha value is -1.27. The monoisotopic (exact) mass is 336 g/mol. The number of fused-ring (bicyclic) bond motifs is 3. The van der Waals surface area contributed by atoms with Gasteiger partial charge >= 0.3 is 0 Å². The zero-order valence-electron chi connectivity index (χ0n) is 12.7. The molecule has 0 saturated carbocycles. The Morgan fingerprint density at radius 2 is 2.00 bits per heavy atom. The van der Waals surface area contributed by atoms with Crippen LogP contribution in [0, 0.1) is 0 Å². The molecule has 0 spiro atoms. The van der Waals surface area contributed by atoms with Crippen LogP contribution in [0.25, 0.3) is 11.3 Å². The molecule has 1 amide bonds. The lowest BCUT2D eigenvalue weighted by Crippen LogP contribution is -2.11. The molecule has 0 aliphatic heterocycles. The first-order valence-electron chi connectivity index (χ1n) is 7.65. The third-order valence-electron chi connectivity index (χ3n) is 4.13. The number of carbonyl (C=O) groups is 1. The van der Waals surface area contributed by atoms with Gasteiger partial charge in [-0.1, -0.05) is 24.4 Å². The van der Waals surface area contributed by atoms with Gasteiger partial charge in [0, 0.05) is 11.1 Å². The van der Waals surface area contributed by atoms with E-state index in [4.69, 9.17) is 10.3 Å². The van der Waals surface area contributed by atoms with E-state index in [1.54, 1.807) is 11.8 Å². The number of aromatic nitrogens is 1. The molecule has 0 radical (unpaired) electrons. The maximum absolute atomic E-state index is 11.8. The predicted molar refractivity (Wildman–Crippen MR) is 90.6 cm³/mol. The minimum Gasteiger partial charge on any atom is -0.365 e. The Labute approximate surface area is 138 Å². The first kappa shape index (κ1) is 15.6. The zero-order valence-corrected chi connectivity index (χ0v) is 14.3. The van der Waals surface area contributed by atoms with Crippen molar-refractivity contribution in [1.82, 2.24) is 5.16 Å². The molecular formula is C16H20N2O2S2. The molecule has 2 aromatic heterocycles. The summed E-state index contributed by atoms with van der Waals surface area (Å²) in [5, 5.41) is 4.00. The number of nitrogens with zero attached hydrogens (tertiary/aromatic N) is 1. The van der Waals surface area contributed by atoms with Crippen molar-refractivity contribution >= 4 is 29.0 Å². The van der Waals surface area contributed by atoms with Crippen LogP contribution in [0.1, 0.15) is 52.9 Å². The van der Waals surface area contributed by atoms with Gasteiger partial charge in [-0.25, -0.2) is 0 Å². The molecule has 0 saturated heterocycles. The number of hydrogen-bond donors (Lipinski definition) is 1. The second kappa shape index (κ2) is 6.87. The maximum Gasteiger partial charge on any atom is 0.259 e. The Balaban J connectivity index is 2.17. The minimum atomic E-state index is -0.336. The summed E-state index contributed by atoms with van der Waals surface area (Å²) in [6, 6.07) is 0. The second-order valence-electron chi connectivity index (χ2n) is 5.59. The standard InChI is InChI=1S/C16H20N2O2S2/c1-21-16-12-11(14(22-16)15(17)19)8-6-4-2-3-5-7-10-9-18-20-13(10)12/h9H,2-8H2,1H3,(H2,17,19).